The zero-order valence-electron chi connectivity index (χ0n) is 14.8. The maximum atomic E-state index is 11.1. The molecule has 0 aliphatic carbocycles. The van der Waals surface area contributed by atoms with Crippen molar-refractivity contribution < 1.29 is 9.90 Å². The molecule has 0 aliphatic heterocycles. The number of hydrogen-bond donors (Lipinski definition) is 1. The molecule has 7 heteroatoms. The highest BCUT2D eigenvalue weighted by atomic mass is 35.5. The first-order chi connectivity index (χ1) is 12.1. The summed E-state index contributed by atoms with van der Waals surface area (Å²) in [4.78, 5) is 12.5. The third kappa shape index (κ3) is 3.84. The third-order valence-electron chi connectivity index (χ3n) is 4.13. The highest BCUT2D eigenvalue weighted by Gasteiger charge is 2.23. The van der Waals surface area contributed by atoms with E-state index in [1.54, 1.807) is 24.3 Å². The molecule has 3 rings (SSSR count). The van der Waals surface area contributed by atoms with E-state index in [-0.39, 0.29) is 17.6 Å². The lowest BCUT2D eigenvalue weighted by molar-refractivity contribution is -0.111. The van der Waals surface area contributed by atoms with Gasteiger partial charge in [0.2, 0.25) is 5.24 Å². The van der Waals surface area contributed by atoms with E-state index in [0.717, 1.165) is 11.1 Å². The molecule has 2 aromatic carbocycles. The van der Waals surface area contributed by atoms with Crippen LogP contribution in [0.1, 0.15) is 38.3 Å². The summed E-state index contributed by atoms with van der Waals surface area (Å²) in [5.74, 6) is 0.116. The zero-order chi connectivity index (χ0) is 19.1. The van der Waals surface area contributed by atoms with Crippen LogP contribution in [0.15, 0.2) is 30.3 Å². The SMILES string of the molecule is CC(C)(C)c1cc(CCC(=O)Cl)cc(-n2nc3ccc(Cl)cc3n2)c1O. The van der Waals surface area contributed by atoms with E-state index in [1.165, 1.54) is 4.80 Å². The summed E-state index contributed by atoms with van der Waals surface area (Å²) in [6.45, 7) is 6.03. The van der Waals surface area contributed by atoms with Gasteiger partial charge in [0, 0.05) is 17.0 Å². The van der Waals surface area contributed by atoms with Gasteiger partial charge >= 0.3 is 0 Å². The number of benzene rings is 2. The molecule has 0 radical (unpaired) electrons. The Morgan fingerprint density at radius 3 is 2.50 bits per heavy atom. The van der Waals surface area contributed by atoms with Crippen LogP contribution in [-0.4, -0.2) is 25.3 Å². The number of carbonyl (C=O) groups is 1. The predicted molar refractivity (Wildman–Crippen MR) is 103 cm³/mol. The monoisotopic (exact) mass is 391 g/mol. The molecule has 0 bridgehead atoms. The summed E-state index contributed by atoms with van der Waals surface area (Å²) in [7, 11) is 0. The number of halogens is 2. The predicted octanol–water partition coefficient (Wildman–Crippen LogP) is 4.78. The van der Waals surface area contributed by atoms with Crippen molar-refractivity contribution in [3.63, 3.8) is 0 Å². The van der Waals surface area contributed by atoms with Gasteiger partial charge in [0.25, 0.3) is 0 Å². The Labute approximate surface area is 161 Å². The fourth-order valence-electron chi connectivity index (χ4n) is 2.78. The summed E-state index contributed by atoms with van der Waals surface area (Å²) >= 11 is 11.5. The lowest BCUT2D eigenvalue weighted by Crippen LogP contribution is -2.14. The second kappa shape index (κ2) is 6.89. The summed E-state index contributed by atoms with van der Waals surface area (Å²) in [6.07, 6.45) is 0.699. The summed E-state index contributed by atoms with van der Waals surface area (Å²) in [5.41, 5.74) is 3.11. The number of rotatable bonds is 4. The lowest BCUT2D eigenvalue weighted by atomic mass is 9.84. The Balaban J connectivity index is 2.16. The van der Waals surface area contributed by atoms with Gasteiger partial charge in [0.15, 0.2) is 0 Å². The van der Waals surface area contributed by atoms with Crippen molar-refractivity contribution in [2.45, 2.75) is 39.0 Å². The smallest absolute Gasteiger partial charge is 0.221 e. The van der Waals surface area contributed by atoms with Crippen molar-refractivity contribution in [2.75, 3.05) is 0 Å². The lowest BCUT2D eigenvalue weighted by Gasteiger charge is -2.23. The second-order valence-electron chi connectivity index (χ2n) is 7.24. The Kier molecular flexibility index (Phi) is 4.95. The minimum absolute atomic E-state index is 0.116. The molecule has 0 aliphatic rings. The Bertz CT molecular complexity index is 990. The van der Waals surface area contributed by atoms with Gasteiger partial charge in [-0.3, -0.25) is 4.79 Å². The summed E-state index contributed by atoms with van der Waals surface area (Å²) in [5, 5.41) is 19.9. The number of aryl methyl sites for hydroxylation is 1. The van der Waals surface area contributed by atoms with Crippen LogP contribution in [0.4, 0.5) is 0 Å². The van der Waals surface area contributed by atoms with E-state index >= 15 is 0 Å². The van der Waals surface area contributed by atoms with E-state index < -0.39 is 5.24 Å². The molecule has 0 saturated heterocycles. The van der Waals surface area contributed by atoms with Crippen LogP contribution in [0, 0.1) is 0 Å². The van der Waals surface area contributed by atoms with E-state index in [1.807, 2.05) is 26.8 Å². The van der Waals surface area contributed by atoms with Crippen LogP contribution < -0.4 is 0 Å². The number of fused-ring (bicyclic) bond motifs is 1. The number of phenols is 1. The van der Waals surface area contributed by atoms with Gasteiger partial charge in [0.05, 0.1) is 0 Å². The van der Waals surface area contributed by atoms with E-state index in [9.17, 15) is 9.90 Å². The van der Waals surface area contributed by atoms with Gasteiger partial charge in [-0.1, -0.05) is 38.4 Å². The van der Waals surface area contributed by atoms with Crippen molar-refractivity contribution in [2.24, 2.45) is 0 Å². The van der Waals surface area contributed by atoms with Crippen LogP contribution >= 0.6 is 23.2 Å². The molecule has 136 valence electrons. The number of nitrogens with zero attached hydrogens (tertiary/aromatic N) is 3. The van der Waals surface area contributed by atoms with Crippen LogP contribution in [0.3, 0.4) is 0 Å². The molecule has 0 amide bonds. The maximum absolute atomic E-state index is 11.1. The minimum Gasteiger partial charge on any atom is -0.505 e. The van der Waals surface area contributed by atoms with Gasteiger partial charge < -0.3 is 5.11 Å². The van der Waals surface area contributed by atoms with Crippen molar-refractivity contribution in [1.29, 1.82) is 0 Å². The number of hydrogen-bond acceptors (Lipinski definition) is 4. The third-order valence-corrected chi connectivity index (χ3v) is 4.55. The first-order valence-corrected chi connectivity index (χ1v) is 8.98. The molecular formula is C19H19Cl2N3O2. The Morgan fingerprint density at radius 2 is 1.85 bits per heavy atom. The number of carbonyl (C=O) groups excluding carboxylic acids is 1. The van der Waals surface area contributed by atoms with Crippen LogP contribution in [-0.2, 0) is 16.6 Å². The highest BCUT2D eigenvalue weighted by molar-refractivity contribution is 6.63. The minimum atomic E-state index is -0.394. The number of aromatic hydroxyl groups is 1. The van der Waals surface area contributed by atoms with Gasteiger partial charge in [0.1, 0.15) is 22.5 Å². The fourth-order valence-corrected chi connectivity index (χ4v) is 3.04. The molecule has 1 heterocycles. The average Bonchev–Trinajstić information content (AvgIpc) is 2.95. The largest absolute Gasteiger partial charge is 0.505 e. The van der Waals surface area contributed by atoms with E-state index in [2.05, 4.69) is 10.2 Å². The van der Waals surface area contributed by atoms with E-state index in [4.69, 9.17) is 23.2 Å². The fraction of sp³-hybridized carbons (Fsp3) is 0.316. The van der Waals surface area contributed by atoms with E-state index in [0.29, 0.717) is 28.2 Å². The van der Waals surface area contributed by atoms with Crippen molar-refractivity contribution >= 4 is 39.5 Å². The van der Waals surface area contributed by atoms with Gasteiger partial charge in [-0.15, -0.1) is 15.0 Å². The van der Waals surface area contributed by atoms with Crippen LogP contribution in [0.5, 0.6) is 5.75 Å². The van der Waals surface area contributed by atoms with Crippen molar-refractivity contribution in [1.82, 2.24) is 15.0 Å². The standard InChI is InChI=1S/C19H19Cl2N3O2/c1-19(2,3)13-8-11(4-7-17(21)25)9-16(18(13)26)24-22-14-6-5-12(20)10-15(14)23-24/h5-6,8-10,26H,4,7H2,1-3H3. The topological polar surface area (TPSA) is 68.0 Å². The normalized spacial score (nSPS) is 11.9. The first kappa shape index (κ1) is 18.7. The molecule has 0 unspecified atom stereocenters. The van der Waals surface area contributed by atoms with Gasteiger partial charge in [-0.05, 0) is 53.3 Å². The van der Waals surface area contributed by atoms with Gasteiger partial charge in [-0.2, -0.15) is 0 Å². The summed E-state index contributed by atoms with van der Waals surface area (Å²) < 4.78 is 0. The Hall–Kier alpha value is -2.11. The van der Waals surface area contributed by atoms with Gasteiger partial charge in [-0.25, -0.2) is 0 Å². The molecule has 26 heavy (non-hydrogen) atoms. The molecule has 1 aromatic heterocycles. The quantitative estimate of drug-likeness (QED) is 0.649. The maximum Gasteiger partial charge on any atom is 0.221 e. The molecule has 0 atom stereocenters. The molecule has 0 fully saturated rings. The zero-order valence-corrected chi connectivity index (χ0v) is 16.3. The number of aromatic nitrogens is 3. The average molecular weight is 392 g/mol. The van der Waals surface area contributed by atoms with Crippen molar-refractivity contribution in [3.8, 4) is 11.4 Å². The second-order valence-corrected chi connectivity index (χ2v) is 8.10. The molecule has 1 N–H and O–H groups in total. The Morgan fingerprint density at radius 1 is 1.15 bits per heavy atom. The van der Waals surface area contributed by atoms with Crippen LogP contribution in [0.2, 0.25) is 5.02 Å². The summed E-state index contributed by atoms with van der Waals surface area (Å²) in [6, 6.07) is 8.92. The highest BCUT2D eigenvalue weighted by Crippen LogP contribution is 2.36. The molecule has 5 nitrogen and oxygen atoms in total. The molecular weight excluding hydrogens is 373 g/mol. The molecule has 0 saturated carbocycles. The number of phenolic OH excluding ortho intramolecular Hbond substituents is 1. The first-order valence-electron chi connectivity index (χ1n) is 8.23. The molecule has 3 aromatic rings. The van der Waals surface area contributed by atoms with Crippen molar-refractivity contribution in [3.05, 3.63) is 46.5 Å². The van der Waals surface area contributed by atoms with Crippen LogP contribution in [0.25, 0.3) is 16.7 Å². The molecule has 0 spiro atoms.